The molecule has 0 aliphatic heterocycles. The van der Waals surface area contributed by atoms with E-state index >= 15 is 0 Å². The number of halogens is 1. The SMILES string of the molecule is Cc1cnc(C23CC(NC(=O)I)(C2)C3)[nH]1. The molecule has 0 radical (unpaired) electrons. The molecule has 4 rings (SSSR count). The molecule has 5 heteroatoms. The Kier molecular flexibility index (Phi) is 1.76. The van der Waals surface area contributed by atoms with E-state index in [1.807, 2.05) is 13.1 Å². The molecule has 3 fully saturated rings. The van der Waals surface area contributed by atoms with Crippen molar-refractivity contribution in [3.8, 4) is 0 Å². The van der Waals surface area contributed by atoms with Gasteiger partial charge in [0.1, 0.15) is 5.82 Å². The average Bonchev–Trinajstić information content (AvgIpc) is 2.40. The summed E-state index contributed by atoms with van der Waals surface area (Å²) in [6, 6.07) is 0. The van der Waals surface area contributed by atoms with Crippen molar-refractivity contribution in [2.45, 2.75) is 37.1 Å². The molecule has 2 bridgehead atoms. The summed E-state index contributed by atoms with van der Waals surface area (Å²) in [5.41, 5.74) is 1.45. The van der Waals surface area contributed by atoms with E-state index in [2.05, 4.69) is 15.3 Å². The van der Waals surface area contributed by atoms with Gasteiger partial charge in [0.2, 0.25) is 0 Å². The first-order valence-electron chi connectivity index (χ1n) is 5.03. The molecule has 0 atom stereocenters. The number of H-pyrrole nitrogens is 1. The van der Waals surface area contributed by atoms with Crippen molar-refractivity contribution in [2.24, 2.45) is 0 Å². The molecule has 3 saturated carbocycles. The van der Waals surface area contributed by atoms with Crippen LogP contribution in [0.25, 0.3) is 0 Å². The van der Waals surface area contributed by atoms with Crippen molar-refractivity contribution in [1.82, 2.24) is 15.3 Å². The van der Waals surface area contributed by atoms with Crippen LogP contribution in [0.5, 0.6) is 0 Å². The van der Waals surface area contributed by atoms with E-state index in [1.54, 1.807) is 22.6 Å². The van der Waals surface area contributed by atoms with Gasteiger partial charge in [0.25, 0.3) is 3.91 Å². The Morgan fingerprint density at radius 3 is 2.73 bits per heavy atom. The van der Waals surface area contributed by atoms with Gasteiger partial charge in [-0.2, -0.15) is 0 Å². The Balaban J connectivity index is 1.73. The van der Waals surface area contributed by atoms with Gasteiger partial charge in [0.15, 0.2) is 0 Å². The minimum Gasteiger partial charge on any atom is -0.346 e. The molecule has 1 aromatic rings. The summed E-state index contributed by atoms with van der Waals surface area (Å²) < 4.78 is 0.0523. The number of hydrogen-bond donors (Lipinski definition) is 2. The van der Waals surface area contributed by atoms with Crippen LogP contribution in [0.15, 0.2) is 6.20 Å². The molecule has 1 amide bonds. The van der Waals surface area contributed by atoms with Gasteiger partial charge in [0.05, 0.1) is 0 Å². The topological polar surface area (TPSA) is 57.8 Å². The van der Waals surface area contributed by atoms with Crippen LogP contribution in [-0.2, 0) is 5.41 Å². The number of imidazole rings is 1. The molecule has 0 aromatic carbocycles. The van der Waals surface area contributed by atoms with Crippen molar-refractivity contribution in [2.75, 3.05) is 0 Å². The predicted octanol–water partition coefficient (Wildman–Crippen LogP) is 2.04. The summed E-state index contributed by atoms with van der Waals surface area (Å²) in [4.78, 5) is 18.7. The van der Waals surface area contributed by atoms with Crippen molar-refractivity contribution in [3.05, 3.63) is 17.7 Å². The van der Waals surface area contributed by atoms with Gasteiger partial charge in [-0.3, -0.25) is 4.79 Å². The first-order valence-corrected chi connectivity index (χ1v) is 6.11. The molecule has 1 aromatic heterocycles. The maximum Gasteiger partial charge on any atom is 0.281 e. The highest BCUT2D eigenvalue weighted by Gasteiger charge is 2.70. The number of carbonyl (C=O) groups excluding carboxylic acids is 1. The van der Waals surface area contributed by atoms with Gasteiger partial charge in [-0.25, -0.2) is 4.98 Å². The lowest BCUT2D eigenvalue weighted by Gasteiger charge is -2.69. The van der Waals surface area contributed by atoms with E-state index in [-0.39, 0.29) is 14.9 Å². The maximum absolute atomic E-state index is 11.0. The monoisotopic (exact) mass is 317 g/mol. The molecule has 2 N–H and O–H groups in total. The second kappa shape index (κ2) is 2.75. The molecule has 80 valence electrons. The number of amides is 1. The number of nitrogens with one attached hydrogen (secondary N) is 2. The van der Waals surface area contributed by atoms with E-state index in [1.165, 1.54) is 0 Å². The minimum absolute atomic E-state index is 0.0523. The zero-order chi connectivity index (χ0) is 10.7. The van der Waals surface area contributed by atoms with E-state index in [0.29, 0.717) is 0 Å². The Morgan fingerprint density at radius 1 is 1.60 bits per heavy atom. The summed E-state index contributed by atoms with van der Waals surface area (Å²) in [6.45, 7) is 2.02. The van der Waals surface area contributed by atoms with Crippen molar-refractivity contribution in [1.29, 1.82) is 0 Å². The molecule has 0 spiro atoms. The molecule has 0 unspecified atom stereocenters. The first kappa shape index (κ1) is 9.62. The van der Waals surface area contributed by atoms with Gasteiger partial charge >= 0.3 is 0 Å². The van der Waals surface area contributed by atoms with Gasteiger partial charge in [-0.05, 0) is 26.2 Å². The van der Waals surface area contributed by atoms with Crippen molar-refractivity contribution in [3.63, 3.8) is 0 Å². The summed E-state index contributed by atoms with van der Waals surface area (Å²) >= 11 is 1.80. The number of hydrogen-bond acceptors (Lipinski definition) is 2. The average molecular weight is 317 g/mol. The van der Waals surface area contributed by atoms with Crippen LogP contribution in [0.1, 0.15) is 30.8 Å². The fourth-order valence-corrected chi connectivity index (χ4v) is 3.63. The van der Waals surface area contributed by atoms with E-state index < -0.39 is 0 Å². The fourth-order valence-electron chi connectivity index (χ4n) is 3.06. The van der Waals surface area contributed by atoms with Gasteiger partial charge in [0, 0.05) is 45.4 Å². The molecule has 3 aliphatic rings. The third-order valence-corrected chi connectivity index (χ3v) is 3.87. The summed E-state index contributed by atoms with van der Waals surface area (Å²) in [6.07, 6.45) is 5.00. The largest absolute Gasteiger partial charge is 0.346 e. The predicted molar refractivity (Wildman–Crippen MR) is 64.1 cm³/mol. The second-order valence-corrected chi connectivity index (χ2v) is 5.88. The Morgan fingerprint density at radius 2 is 2.27 bits per heavy atom. The fraction of sp³-hybridized carbons (Fsp3) is 0.600. The minimum atomic E-state index is 0.0523. The molecule has 15 heavy (non-hydrogen) atoms. The van der Waals surface area contributed by atoms with Crippen LogP contribution in [0.4, 0.5) is 4.79 Å². The van der Waals surface area contributed by atoms with Crippen molar-refractivity contribution >= 4 is 26.5 Å². The van der Waals surface area contributed by atoms with Crippen LogP contribution < -0.4 is 5.32 Å². The second-order valence-electron chi connectivity index (χ2n) is 4.90. The third kappa shape index (κ3) is 1.25. The smallest absolute Gasteiger partial charge is 0.281 e. The zero-order valence-corrected chi connectivity index (χ0v) is 10.6. The number of aryl methyl sites for hydroxylation is 1. The Hall–Kier alpha value is -0.590. The normalized spacial score (nSPS) is 36.7. The lowest BCUT2D eigenvalue weighted by molar-refractivity contribution is -0.0820. The van der Waals surface area contributed by atoms with E-state index in [9.17, 15) is 4.79 Å². The van der Waals surface area contributed by atoms with Gasteiger partial charge in [-0.1, -0.05) is 0 Å². The lowest BCUT2D eigenvalue weighted by atomic mass is 9.39. The summed E-state index contributed by atoms with van der Waals surface area (Å²) in [7, 11) is 0. The van der Waals surface area contributed by atoms with Gasteiger partial charge in [-0.15, -0.1) is 0 Å². The van der Waals surface area contributed by atoms with Crippen LogP contribution >= 0.6 is 22.6 Å². The maximum atomic E-state index is 11.0. The number of rotatable bonds is 2. The van der Waals surface area contributed by atoms with E-state index in [0.717, 1.165) is 30.8 Å². The summed E-state index contributed by atoms with van der Waals surface area (Å²) in [5, 5.41) is 3.03. The number of carbonyl (C=O) groups is 1. The highest BCUT2D eigenvalue weighted by atomic mass is 127. The molecule has 3 aliphatic carbocycles. The molecule has 4 nitrogen and oxygen atoms in total. The standard InChI is InChI=1S/C10H12IN3O/c1-6-2-12-7(13-6)9-3-10(4-9,5-9)14-8(11)15/h2H,3-5H2,1H3,(H,12,13)(H,14,15). The zero-order valence-electron chi connectivity index (χ0n) is 8.43. The number of aromatic amines is 1. The van der Waals surface area contributed by atoms with Crippen LogP contribution in [0.3, 0.4) is 0 Å². The van der Waals surface area contributed by atoms with Gasteiger partial charge < -0.3 is 10.3 Å². The van der Waals surface area contributed by atoms with E-state index in [4.69, 9.17) is 0 Å². The molecule has 1 heterocycles. The highest BCUT2D eigenvalue weighted by molar-refractivity contribution is 14.1. The Bertz CT molecular complexity index is 420. The Labute approximate surface area is 101 Å². The first-order chi connectivity index (χ1) is 7.04. The van der Waals surface area contributed by atoms with Crippen LogP contribution in [0, 0.1) is 6.92 Å². The molecular weight excluding hydrogens is 305 g/mol. The van der Waals surface area contributed by atoms with Crippen molar-refractivity contribution < 1.29 is 4.79 Å². The van der Waals surface area contributed by atoms with Crippen LogP contribution in [0.2, 0.25) is 0 Å². The quantitative estimate of drug-likeness (QED) is 0.498. The third-order valence-electron chi connectivity index (χ3n) is 3.60. The number of nitrogens with zero attached hydrogens (tertiary/aromatic N) is 1. The molecule has 0 saturated heterocycles. The lowest BCUT2D eigenvalue weighted by Crippen LogP contribution is -2.76. The number of aromatic nitrogens is 2. The summed E-state index contributed by atoms with van der Waals surface area (Å²) in [5.74, 6) is 1.10. The van der Waals surface area contributed by atoms with Crippen LogP contribution in [-0.4, -0.2) is 19.4 Å². The molecular formula is C10H12IN3O. The highest BCUT2D eigenvalue weighted by Crippen LogP contribution is 2.67.